The van der Waals surface area contributed by atoms with Crippen LogP contribution < -0.4 is 5.32 Å². The van der Waals surface area contributed by atoms with Gasteiger partial charge >= 0.3 is 0 Å². The van der Waals surface area contributed by atoms with Crippen molar-refractivity contribution in [1.82, 2.24) is 14.5 Å². The van der Waals surface area contributed by atoms with Gasteiger partial charge in [0.15, 0.2) is 0 Å². The molecule has 1 unspecified atom stereocenters. The number of nitrogens with zero attached hydrogens (tertiary/aromatic N) is 2. The number of sulfonamides is 1. The van der Waals surface area contributed by atoms with Crippen LogP contribution in [-0.2, 0) is 10.0 Å². The minimum absolute atomic E-state index is 0.359. The molecule has 1 atom stereocenters. The lowest BCUT2D eigenvalue weighted by Crippen LogP contribution is -2.49. The van der Waals surface area contributed by atoms with Crippen molar-refractivity contribution in [1.29, 1.82) is 0 Å². The van der Waals surface area contributed by atoms with Crippen molar-refractivity contribution in [3.8, 4) is 0 Å². The number of hydrogen-bond acceptors (Lipinski definition) is 4. The highest BCUT2D eigenvalue weighted by atomic mass is 32.2. The van der Waals surface area contributed by atoms with Gasteiger partial charge in [-0.05, 0) is 38.3 Å². The SMILES string of the molecule is Cc1cc(C)c(S(=O)(=O)N2CCC(N3CCNCC3)C2)c(C)c1. The lowest BCUT2D eigenvalue weighted by molar-refractivity contribution is 0.179. The van der Waals surface area contributed by atoms with Crippen LogP contribution in [0.2, 0.25) is 0 Å². The highest BCUT2D eigenvalue weighted by Crippen LogP contribution is 2.28. The number of nitrogens with one attached hydrogen (secondary N) is 1. The molecule has 1 N–H and O–H groups in total. The minimum Gasteiger partial charge on any atom is -0.314 e. The maximum Gasteiger partial charge on any atom is 0.243 e. The molecular weight excluding hydrogens is 310 g/mol. The van der Waals surface area contributed by atoms with Gasteiger partial charge in [0.2, 0.25) is 10.0 Å². The molecule has 1 aromatic carbocycles. The summed E-state index contributed by atoms with van der Waals surface area (Å²) in [5.41, 5.74) is 2.82. The van der Waals surface area contributed by atoms with E-state index < -0.39 is 10.0 Å². The maximum absolute atomic E-state index is 13.1. The first-order valence-corrected chi connectivity index (χ1v) is 9.86. The van der Waals surface area contributed by atoms with E-state index in [-0.39, 0.29) is 0 Å². The Balaban J connectivity index is 1.81. The van der Waals surface area contributed by atoms with Crippen molar-refractivity contribution in [2.24, 2.45) is 0 Å². The first kappa shape index (κ1) is 16.9. The maximum atomic E-state index is 13.1. The first-order valence-electron chi connectivity index (χ1n) is 8.42. The van der Waals surface area contributed by atoms with E-state index in [0.29, 0.717) is 24.0 Å². The molecular formula is C17H27N3O2S. The fourth-order valence-electron chi connectivity index (χ4n) is 3.98. The third-order valence-electron chi connectivity index (χ3n) is 5.00. The van der Waals surface area contributed by atoms with Crippen LogP contribution in [-0.4, -0.2) is 62.9 Å². The van der Waals surface area contributed by atoms with Gasteiger partial charge in [-0.25, -0.2) is 8.42 Å². The molecule has 3 rings (SSSR count). The summed E-state index contributed by atoms with van der Waals surface area (Å²) in [6.07, 6.45) is 0.934. The molecule has 1 aromatic rings. The number of piperazine rings is 1. The molecule has 2 aliphatic heterocycles. The Morgan fingerprint density at radius 2 is 1.65 bits per heavy atom. The van der Waals surface area contributed by atoms with Crippen molar-refractivity contribution in [3.05, 3.63) is 28.8 Å². The standard InChI is InChI=1S/C17H27N3O2S/c1-13-10-14(2)17(15(3)11-13)23(21,22)20-7-4-16(12-20)19-8-5-18-6-9-19/h10-11,16,18H,4-9,12H2,1-3H3. The van der Waals surface area contributed by atoms with E-state index in [1.807, 2.05) is 32.9 Å². The Hall–Kier alpha value is -0.950. The van der Waals surface area contributed by atoms with Gasteiger partial charge in [0.1, 0.15) is 0 Å². The number of hydrogen-bond donors (Lipinski definition) is 1. The average Bonchev–Trinajstić information content (AvgIpc) is 2.97. The molecule has 2 heterocycles. The van der Waals surface area contributed by atoms with Crippen LogP contribution in [0.3, 0.4) is 0 Å². The Morgan fingerprint density at radius 3 is 2.26 bits per heavy atom. The smallest absolute Gasteiger partial charge is 0.243 e. The van der Waals surface area contributed by atoms with Crippen LogP contribution in [0.25, 0.3) is 0 Å². The molecule has 0 radical (unpaired) electrons. The number of aryl methyl sites for hydroxylation is 3. The number of rotatable bonds is 3. The van der Waals surface area contributed by atoms with Crippen molar-refractivity contribution < 1.29 is 8.42 Å². The predicted molar refractivity (Wildman–Crippen MR) is 92.3 cm³/mol. The third kappa shape index (κ3) is 3.31. The molecule has 0 aliphatic carbocycles. The normalized spacial score (nSPS) is 24.2. The monoisotopic (exact) mass is 337 g/mol. The lowest BCUT2D eigenvalue weighted by Gasteiger charge is -2.32. The molecule has 23 heavy (non-hydrogen) atoms. The summed E-state index contributed by atoms with van der Waals surface area (Å²) in [6, 6.07) is 4.28. The summed E-state index contributed by atoms with van der Waals surface area (Å²) >= 11 is 0. The summed E-state index contributed by atoms with van der Waals surface area (Å²) in [5.74, 6) is 0. The lowest BCUT2D eigenvalue weighted by atomic mass is 10.1. The second kappa shape index (κ2) is 6.51. The first-order chi connectivity index (χ1) is 10.9. The van der Waals surface area contributed by atoms with Gasteiger partial charge in [0.05, 0.1) is 4.90 Å². The second-order valence-electron chi connectivity index (χ2n) is 6.82. The molecule has 0 bridgehead atoms. The van der Waals surface area contributed by atoms with E-state index in [1.165, 1.54) is 0 Å². The highest BCUT2D eigenvalue weighted by Gasteiger charge is 2.36. The molecule has 0 aromatic heterocycles. The molecule has 2 saturated heterocycles. The van der Waals surface area contributed by atoms with Crippen molar-refractivity contribution in [2.75, 3.05) is 39.3 Å². The molecule has 6 heteroatoms. The Bertz CT molecular complexity index is 658. The van der Waals surface area contributed by atoms with Crippen molar-refractivity contribution in [2.45, 2.75) is 38.1 Å². The van der Waals surface area contributed by atoms with Crippen LogP contribution in [0.5, 0.6) is 0 Å². The van der Waals surface area contributed by atoms with Gasteiger partial charge in [0, 0.05) is 45.3 Å². The van der Waals surface area contributed by atoms with Crippen molar-refractivity contribution >= 4 is 10.0 Å². The third-order valence-corrected chi connectivity index (χ3v) is 7.17. The van der Waals surface area contributed by atoms with E-state index in [1.54, 1.807) is 4.31 Å². The van der Waals surface area contributed by atoms with E-state index in [0.717, 1.165) is 49.3 Å². The minimum atomic E-state index is -3.40. The summed E-state index contributed by atoms with van der Waals surface area (Å²) < 4.78 is 27.9. The summed E-state index contributed by atoms with van der Waals surface area (Å²) in [4.78, 5) is 2.94. The fraction of sp³-hybridized carbons (Fsp3) is 0.647. The topological polar surface area (TPSA) is 52.7 Å². The van der Waals surface area contributed by atoms with Gasteiger partial charge in [0.25, 0.3) is 0 Å². The molecule has 0 spiro atoms. The van der Waals surface area contributed by atoms with Crippen LogP contribution >= 0.6 is 0 Å². The molecule has 0 saturated carbocycles. The van der Waals surface area contributed by atoms with E-state index in [9.17, 15) is 8.42 Å². The Labute approximate surface area is 139 Å². The molecule has 2 fully saturated rings. The zero-order chi connectivity index (χ0) is 16.6. The van der Waals surface area contributed by atoms with E-state index in [4.69, 9.17) is 0 Å². The Kier molecular flexibility index (Phi) is 4.78. The largest absolute Gasteiger partial charge is 0.314 e. The van der Waals surface area contributed by atoms with E-state index in [2.05, 4.69) is 10.2 Å². The average molecular weight is 337 g/mol. The summed E-state index contributed by atoms with van der Waals surface area (Å²) in [6.45, 7) is 11.1. The Morgan fingerprint density at radius 1 is 1.04 bits per heavy atom. The van der Waals surface area contributed by atoms with Gasteiger partial charge in [-0.2, -0.15) is 4.31 Å². The second-order valence-corrected chi connectivity index (χ2v) is 8.69. The van der Waals surface area contributed by atoms with Crippen LogP contribution in [0.1, 0.15) is 23.1 Å². The molecule has 5 nitrogen and oxygen atoms in total. The van der Waals surface area contributed by atoms with E-state index >= 15 is 0 Å². The molecule has 128 valence electrons. The quantitative estimate of drug-likeness (QED) is 0.903. The van der Waals surface area contributed by atoms with Gasteiger partial charge in [-0.15, -0.1) is 0 Å². The van der Waals surface area contributed by atoms with Crippen LogP contribution in [0.15, 0.2) is 17.0 Å². The number of benzene rings is 1. The van der Waals surface area contributed by atoms with Crippen molar-refractivity contribution in [3.63, 3.8) is 0 Å². The zero-order valence-electron chi connectivity index (χ0n) is 14.3. The predicted octanol–water partition coefficient (Wildman–Crippen LogP) is 1.28. The van der Waals surface area contributed by atoms with Gasteiger partial charge in [-0.1, -0.05) is 17.7 Å². The van der Waals surface area contributed by atoms with Gasteiger partial charge < -0.3 is 5.32 Å². The van der Waals surface area contributed by atoms with Crippen LogP contribution in [0.4, 0.5) is 0 Å². The fourth-order valence-corrected chi connectivity index (χ4v) is 5.88. The van der Waals surface area contributed by atoms with Gasteiger partial charge in [-0.3, -0.25) is 4.90 Å². The summed E-state index contributed by atoms with van der Waals surface area (Å²) in [5, 5.41) is 3.35. The molecule has 0 amide bonds. The molecule has 2 aliphatic rings. The zero-order valence-corrected chi connectivity index (χ0v) is 15.1. The highest BCUT2D eigenvalue weighted by molar-refractivity contribution is 7.89. The summed E-state index contributed by atoms with van der Waals surface area (Å²) in [7, 11) is -3.40. The van der Waals surface area contributed by atoms with Crippen LogP contribution in [0, 0.1) is 20.8 Å².